The highest BCUT2D eigenvalue weighted by atomic mass is 35.5. The molecule has 12 heteroatoms. The number of nitrogens with two attached hydrogens (primary N) is 1. The summed E-state index contributed by atoms with van der Waals surface area (Å²) in [6.45, 7) is 2.49. The van der Waals surface area contributed by atoms with E-state index in [-0.39, 0.29) is 22.9 Å². The molecular weight excluding hydrogens is 488 g/mol. The summed E-state index contributed by atoms with van der Waals surface area (Å²) in [6.07, 6.45) is 1.34. The van der Waals surface area contributed by atoms with Crippen LogP contribution in [0.3, 0.4) is 0 Å². The lowest BCUT2D eigenvalue weighted by molar-refractivity contribution is -0.129. The molecule has 2 aliphatic heterocycles. The first-order valence-electron chi connectivity index (χ1n) is 10.4. The van der Waals surface area contributed by atoms with Crippen molar-refractivity contribution in [1.29, 1.82) is 0 Å². The Bertz CT molecular complexity index is 1230. The van der Waals surface area contributed by atoms with Gasteiger partial charge >= 0.3 is 0 Å². The van der Waals surface area contributed by atoms with Crippen molar-refractivity contribution >= 4 is 55.7 Å². The number of anilines is 1. The van der Waals surface area contributed by atoms with Gasteiger partial charge in [-0.3, -0.25) is 14.4 Å². The van der Waals surface area contributed by atoms with Gasteiger partial charge in [-0.25, -0.2) is 8.42 Å². The second-order valence-electron chi connectivity index (χ2n) is 7.98. The third-order valence-corrected chi connectivity index (χ3v) is 9.22. The van der Waals surface area contributed by atoms with E-state index in [2.05, 4.69) is 5.32 Å². The van der Waals surface area contributed by atoms with Crippen molar-refractivity contribution in [2.45, 2.75) is 43.7 Å². The zero-order chi connectivity index (χ0) is 23.9. The number of hydrogen-bond acceptors (Lipinski definition) is 6. The number of thiophene rings is 1. The number of halogens is 1. The minimum atomic E-state index is -3.91. The van der Waals surface area contributed by atoms with E-state index >= 15 is 0 Å². The Balaban J connectivity index is 1.60. The molecule has 0 bridgehead atoms. The van der Waals surface area contributed by atoms with Crippen LogP contribution < -0.4 is 11.1 Å². The second-order valence-corrected chi connectivity index (χ2v) is 11.4. The highest BCUT2D eigenvalue weighted by Gasteiger charge is 2.40. The highest BCUT2D eigenvalue weighted by Crippen LogP contribution is 2.38. The van der Waals surface area contributed by atoms with Gasteiger partial charge in [0.05, 0.1) is 17.0 Å². The molecule has 0 saturated carbocycles. The van der Waals surface area contributed by atoms with Gasteiger partial charge in [0.1, 0.15) is 11.0 Å². The van der Waals surface area contributed by atoms with Crippen LogP contribution in [0.15, 0.2) is 29.2 Å². The number of sulfonamides is 1. The molecule has 1 saturated heterocycles. The number of nitrogens with zero attached hydrogens (tertiary/aromatic N) is 2. The SMILES string of the molecule is CC(=O)N1CCc2c(sc(NC(=O)C3CCCN3S(=O)(=O)c3ccc(Cl)cc3)c2C(N)=O)C1. The standard InChI is InChI=1S/C21H23ClN4O5S2/c1-12(27)25-10-8-15-17(11-25)32-21(18(15)19(23)28)24-20(29)16-3-2-9-26(16)33(30,31)14-6-4-13(22)5-7-14/h4-7,16H,2-3,8-11H2,1H3,(H2,23,28)(H,24,29). The van der Waals surface area contributed by atoms with Gasteiger partial charge in [0.15, 0.2) is 0 Å². The summed E-state index contributed by atoms with van der Waals surface area (Å²) in [5.41, 5.74) is 6.58. The predicted octanol–water partition coefficient (Wildman–Crippen LogP) is 2.20. The van der Waals surface area contributed by atoms with Gasteiger partial charge in [-0.1, -0.05) is 11.6 Å². The molecule has 3 heterocycles. The molecule has 1 aromatic carbocycles. The fourth-order valence-corrected chi connectivity index (χ4v) is 7.30. The van der Waals surface area contributed by atoms with Crippen LogP contribution >= 0.6 is 22.9 Å². The van der Waals surface area contributed by atoms with E-state index in [0.717, 1.165) is 10.4 Å². The van der Waals surface area contributed by atoms with Crippen molar-refractivity contribution in [3.8, 4) is 0 Å². The maximum atomic E-state index is 13.2. The lowest BCUT2D eigenvalue weighted by atomic mass is 10.0. The largest absolute Gasteiger partial charge is 0.365 e. The first-order chi connectivity index (χ1) is 15.6. The number of primary amides is 1. The van der Waals surface area contributed by atoms with E-state index in [4.69, 9.17) is 17.3 Å². The van der Waals surface area contributed by atoms with Crippen molar-refractivity contribution in [2.75, 3.05) is 18.4 Å². The molecule has 1 atom stereocenters. The van der Waals surface area contributed by atoms with Crippen LogP contribution in [-0.2, 0) is 32.6 Å². The maximum absolute atomic E-state index is 13.2. The van der Waals surface area contributed by atoms with Gasteiger partial charge in [-0.2, -0.15) is 4.31 Å². The number of carbonyl (C=O) groups is 3. The van der Waals surface area contributed by atoms with Gasteiger partial charge < -0.3 is 16.0 Å². The van der Waals surface area contributed by atoms with Crippen LogP contribution in [0.5, 0.6) is 0 Å². The molecule has 1 aromatic heterocycles. The monoisotopic (exact) mass is 510 g/mol. The van der Waals surface area contributed by atoms with Gasteiger partial charge in [0.25, 0.3) is 5.91 Å². The first kappa shape index (κ1) is 23.7. The lowest BCUT2D eigenvalue weighted by Crippen LogP contribution is -2.43. The topological polar surface area (TPSA) is 130 Å². The van der Waals surface area contributed by atoms with Gasteiger partial charge in [-0.05, 0) is 49.1 Å². The summed E-state index contributed by atoms with van der Waals surface area (Å²) in [4.78, 5) is 39.6. The maximum Gasteiger partial charge on any atom is 0.251 e. The van der Waals surface area contributed by atoms with Crippen LogP contribution in [0.4, 0.5) is 5.00 Å². The molecular formula is C21H23ClN4O5S2. The molecule has 0 radical (unpaired) electrons. The van der Waals surface area contributed by atoms with Crippen molar-refractivity contribution in [2.24, 2.45) is 5.73 Å². The van der Waals surface area contributed by atoms with Gasteiger partial charge in [-0.15, -0.1) is 11.3 Å². The summed E-state index contributed by atoms with van der Waals surface area (Å²) in [7, 11) is -3.91. The van der Waals surface area contributed by atoms with Crippen molar-refractivity contribution in [3.05, 3.63) is 45.3 Å². The number of carbonyl (C=O) groups excluding carboxylic acids is 3. The Labute approximate surface area is 200 Å². The van der Waals surface area contributed by atoms with Crippen molar-refractivity contribution in [3.63, 3.8) is 0 Å². The van der Waals surface area contributed by atoms with Crippen LogP contribution in [0.1, 0.15) is 40.6 Å². The Morgan fingerprint density at radius 3 is 2.52 bits per heavy atom. The molecule has 176 valence electrons. The van der Waals surface area contributed by atoms with Crippen LogP contribution in [0, 0.1) is 0 Å². The van der Waals surface area contributed by atoms with E-state index in [9.17, 15) is 22.8 Å². The fourth-order valence-electron chi connectivity index (χ4n) is 4.25. The Morgan fingerprint density at radius 1 is 1.18 bits per heavy atom. The number of benzene rings is 1. The molecule has 3 amide bonds. The van der Waals surface area contributed by atoms with E-state index in [1.165, 1.54) is 46.8 Å². The minimum Gasteiger partial charge on any atom is -0.365 e. The zero-order valence-electron chi connectivity index (χ0n) is 17.8. The molecule has 2 aliphatic rings. The normalized spacial score (nSPS) is 18.7. The zero-order valence-corrected chi connectivity index (χ0v) is 20.2. The fraction of sp³-hybridized carbons (Fsp3) is 0.381. The summed E-state index contributed by atoms with van der Waals surface area (Å²) in [5.74, 6) is -1.26. The molecule has 3 N–H and O–H groups in total. The molecule has 4 rings (SSSR count). The Hall–Kier alpha value is -2.47. The van der Waals surface area contributed by atoms with Crippen molar-refractivity contribution < 1.29 is 22.8 Å². The molecule has 2 aromatic rings. The molecule has 0 spiro atoms. The van der Waals surface area contributed by atoms with Gasteiger partial charge in [0, 0.05) is 29.9 Å². The predicted molar refractivity (Wildman–Crippen MR) is 125 cm³/mol. The molecule has 0 aliphatic carbocycles. The minimum absolute atomic E-state index is 0.0559. The quantitative estimate of drug-likeness (QED) is 0.636. The van der Waals surface area contributed by atoms with Crippen LogP contribution in [0.25, 0.3) is 0 Å². The van der Waals surface area contributed by atoms with E-state index in [0.29, 0.717) is 42.4 Å². The molecule has 33 heavy (non-hydrogen) atoms. The Kier molecular flexibility index (Phi) is 6.50. The lowest BCUT2D eigenvalue weighted by Gasteiger charge is -2.25. The summed E-state index contributed by atoms with van der Waals surface area (Å²) in [5, 5.41) is 3.45. The molecule has 9 nitrogen and oxygen atoms in total. The molecule has 1 fully saturated rings. The third-order valence-electron chi connectivity index (χ3n) is 5.91. The number of amides is 3. The highest BCUT2D eigenvalue weighted by molar-refractivity contribution is 7.89. The van der Waals surface area contributed by atoms with E-state index in [1.807, 2.05) is 0 Å². The first-order valence-corrected chi connectivity index (χ1v) is 13.0. The summed E-state index contributed by atoms with van der Waals surface area (Å²) < 4.78 is 27.5. The van der Waals surface area contributed by atoms with Crippen LogP contribution in [-0.4, -0.2) is 54.5 Å². The number of nitrogens with one attached hydrogen (secondary N) is 1. The average Bonchev–Trinajstić information content (AvgIpc) is 3.38. The number of rotatable bonds is 5. The van der Waals surface area contributed by atoms with Gasteiger partial charge in [0.2, 0.25) is 21.8 Å². The smallest absolute Gasteiger partial charge is 0.251 e. The van der Waals surface area contributed by atoms with Crippen LogP contribution in [0.2, 0.25) is 5.02 Å². The van der Waals surface area contributed by atoms with E-state index in [1.54, 1.807) is 4.90 Å². The summed E-state index contributed by atoms with van der Waals surface area (Å²) in [6, 6.07) is 4.87. The third kappa shape index (κ3) is 4.50. The Morgan fingerprint density at radius 2 is 1.88 bits per heavy atom. The number of hydrogen-bond donors (Lipinski definition) is 2. The van der Waals surface area contributed by atoms with Crippen molar-refractivity contribution in [1.82, 2.24) is 9.21 Å². The average molecular weight is 511 g/mol. The van der Waals surface area contributed by atoms with E-state index < -0.39 is 27.9 Å². The molecule has 1 unspecified atom stereocenters. The summed E-state index contributed by atoms with van der Waals surface area (Å²) >= 11 is 7.07. The second kappa shape index (κ2) is 9.05. The number of fused-ring (bicyclic) bond motifs is 1.